The molecular weight excluding hydrogens is 216 g/mol. The molecule has 0 aromatic heterocycles. The molecule has 2 fully saturated rings. The van der Waals surface area contributed by atoms with Crippen molar-refractivity contribution in [3.8, 4) is 0 Å². The fourth-order valence-corrected chi connectivity index (χ4v) is 3.08. The van der Waals surface area contributed by atoms with Gasteiger partial charge in [-0.3, -0.25) is 4.79 Å². The number of rotatable bonds is 2. The molecule has 2 rings (SSSR count). The molecule has 1 aliphatic heterocycles. The Morgan fingerprint density at radius 2 is 2.06 bits per heavy atom. The minimum absolute atomic E-state index is 0.184. The van der Waals surface area contributed by atoms with Gasteiger partial charge >= 0.3 is 0 Å². The maximum absolute atomic E-state index is 12.5. The maximum atomic E-state index is 12.5. The summed E-state index contributed by atoms with van der Waals surface area (Å²) in [6.45, 7) is 3.88. The highest BCUT2D eigenvalue weighted by atomic mass is 16.3. The predicted octanol–water partition coefficient (Wildman–Crippen LogP) is 0.735. The zero-order valence-corrected chi connectivity index (χ0v) is 10.7. The fraction of sp³-hybridized carbons (Fsp3) is 0.923. The molecule has 17 heavy (non-hydrogen) atoms. The number of aliphatic hydroxyl groups is 1. The molecule has 1 heterocycles. The number of hydrogen-bond donors (Lipinski definition) is 2. The minimum Gasteiger partial charge on any atom is -0.391 e. The Bertz CT molecular complexity index is 285. The molecule has 0 radical (unpaired) electrons. The molecule has 1 amide bonds. The highest BCUT2D eigenvalue weighted by Gasteiger charge is 2.43. The number of carbonyl (C=O) groups excluding carboxylic acids is 1. The summed E-state index contributed by atoms with van der Waals surface area (Å²) in [7, 11) is 0. The Hall–Kier alpha value is -0.610. The van der Waals surface area contributed by atoms with E-state index in [9.17, 15) is 9.90 Å². The standard InChI is InChI=1S/C13H24N2O2/c1-10-2-5-13(9-14,6-3-10)12(17)15-7-4-11(16)8-15/h10-11,16H,2-9,14H2,1H3. The monoisotopic (exact) mass is 240 g/mol. The van der Waals surface area contributed by atoms with Gasteiger partial charge in [0.05, 0.1) is 11.5 Å². The van der Waals surface area contributed by atoms with Crippen molar-refractivity contribution in [3.05, 3.63) is 0 Å². The minimum atomic E-state index is -0.337. The lowest BCUT2D eigenvalue weighted by atomic mass is 9.70. The first-order valence-electron chi connectivity index (χ1n) is 6.75. The second-order valence-electron chi connectivity index (χ2n) is 5.86. The summed E-state index contributed by atoms with van der Waals surface area (Å²) in [4.78, 5) is 14.4. The molecule has 1 unspecified atom stereocenters. The second kappa shape index (κ2) is 4.94. The predicted molar refractivity (Wildman–Crippen MR) is 66.3 cm³/mol. The van der Waals surface area contributed by atoms with Gasteiger partial charge in [-0.2, -0.15) is 0 Å². The van der Waals surface area contributed by atoms with Crippen LogP contribution < -0.4 is 5.73 Å². The van der Waals surface area contributed by atoms with Crippen LogP contribution in [0, 0.1) is 11.3 Å². The molecule has 98 valence electrons. The van der Waals surface area contributed by atoms with Gasteiger partial charge in [-0.15, -0.1) is 0 Å². The first kappa shape index (κ1) is 12.8. The average Bonchev–Trinajstić information content (AvgIpc) is 2.76. The van der Waals surface area contributed by atoms with E-state index in [0.717, 1.165) is 25.7 Å². The van der Waals surface area contributed by atoms with Crippen molar-refractivity contribution >= 4 is 5.91 Å². The van der Waals surface area contributed by atoms with Gasteiger partial charge in [-0.1, -0.05) is 6.92 Å². The summed E-state index contributed by atoms with van der Waals surface area (Å²) < 4.78 is 0. The lowest BCUT2D eigenvalue weighted by molar-refractivity contribution is -0.143. The Balaban J connectivity index is 2.04. The molecular formula is C13H24N2O2. The van der Waals surface area contributed by atoms with Crippen LogP contribution in [0.5, 0.6) is 0 Å². The van der Waals surface area contributed by atoms with Crippen LogP contribution in [0.25, 0.3) is 0 Å². The van der Waals surface area contributed by atoms with Gasteiger partial charge in [0.25, 0.3) is 0 Å². The van der Waals surface area contributed by atoms with Crippen LogP contribution in [0.15, 0.2) is 0 Å². The zero-order chi connectivity index (χ0) is 12.5. The Morgan fingerprint density at radius 1 is 1.41 bits per heavy atom. The first-order valence-corrected chi connectivity index (χ1v) is 6.75. The van der Waals surface area contributed by atoms with E-state index >= 15 is 0 Å². The molecule has 4 heteroatoms. The number of amides is 1. The number of likely N-dealkylation sites (tertiary alicyclic amines) is 1. The Morgan fingerprint density at radius 3 is 2.53 bits per heavy atom. The van der Waals surface area contributed by atoms with Crippen molar-refractivity contribution < 1.29 is 9.90 Å². The number of nitrogens with two attached hydrogens (primary N) is 1. The molecule has 3 N–H and O–H groups in total. The third kappa shape index (κ3) is 2.47. The summed E-state index contributed by atoms with van der Waals surface area (Å²) in [5, 5.41) is 9.52. The van der Waals surface area contributed by atoms with Crippen LogP contribution in [0.2, 0.25) is 0 Å². The molecule has 4 nitrogen and oxygen atoms in total. The van der Waals surface area contributed by atoms with Crippen molar-refractivity contribution in [2.24, 2.45) is 17.1 Å². The molecule has 0 spiro atoms. The first-order chi connectivity index (χ1) is 8.07. The molecule has 2 aliphatic rings. The number of hydrogen-bond acceptors (Lipinski definition) is 3. The number of carbonyl (C=O) groups is 1. The van der Waals surface area contributed by atoms with Gasteiger partial charge in [0.15, 0.2) is 0 Å². The van der Waals surface area contributed by atoms with Gasteiger partial charge in [0.2, 0.25) is 5.91 Å². The van der Waals surface area contributed by atoms with Gasteiger partial charge in [0, 0.05) is 19.6 Å². The topological polar surface area (TPSA) is 66.6 Å². The fourth-order valence-electron chi connectivity index (χ4n) is 3.08. The smallest absolute Gasteiger partial charge is 0.230 e. The van der Waals surface area contributed by atoms with Crippen LogP contribution in [0.4, 0.5) is 0 Å². The molecule has 1 saturated heterocycles. The van der Waals surface area contributed by atoms with E-state index < -0.39 is 0 Å². The summed E-state index contributed by atoms with van der Waals surface area (Å²) in [6.07, 6.45) is 4.39. The van der Waals surface area contributed by atoms with Crippen LogP contribution >= 0.6 is 0 Å². The SMILES string of the molecule is CC1CCC(CN)(C(=O)N2CCC(O)C2)CC1. The van der Waals surface area contributed by atoms with Crippen molar-refractivity contribution in [1.29, 1.82) is 0 Å². The van der Waals surface area contributed by atoms with Crippen LogP contribution in [0.1, 0.15) is 39.0 Å². The average molecular weight is 240 g/mol. The summed E-state index contributed by atoms with van der Waals surface area (Å²) in [5.41, 5.74) is 5.54. The van der Waals surface area contributed by atoms with Gasteiger partial charge in [-0.05, 0) is 38.0 Å². The number of aliphatic hydroxyl groups excluding tert-OH is 1. The lowest BCUT2D eigenvalue weighted by Crippen LogP contribution is -2.49. The largest absolute Gasteiger partial charge is 0.391 e. The highest BCUT2D eigenvalue weighted by Crippen LogP contribution is 2.40. The molecule has 0 aromatic rings. The molecule has 1 saturated carbocycles. The van der Waals surface area contributed by atoms with Crippen molar-refractivity contribution in [3.63, 3.8) is 0 Å². The van der Waals surface area contributed by atoms with E-state index in [1.54, 1.807) is 0 Å². The Labute approximate surface area is 103 Å². The van der Waals surface area contributed by atoms with Crippen molar-refractivity contribution in [2.75, 3.05) is 19.6 Å². The Kier molecular flexibility index (Phi) is 3.73. The van der Waals surface area contributed by atoms with Gasteiger partial charge < -0.3 is 15.7 Å². The van der Waals surface area contributed by atoms with E-state index in [2.05, 4.69) is 6.92 Å². The van der Waals surface area contributed by atoms with E-state index in [1.807, 2.05) is 4.90 Å². The third-order valence-corrected chi connectivity index (χ3v) is 4.53. The third-order valence-electron chi connectivity index (χ3n) is 4.53. The normalized spacial score (nSPS) is 38.4. The van der Waals surface area contributed by atoms with Crippen LogP contribution in [-0.2, 0) is 4.79 Å². The molecule has 0 bridgehead atoms. The summed E-state index contributed by atoms with van der Waals surface area (Å²) in [5.74, 6) is 0.898. The van der Waals surface area contributed by atoms with E-state index in [4.69, 9.17) is 5.73 Å². The number of nitrogens with zero attached hydrogens (tertiary/aromatic N) is 1. The summed E-state index contributed by atoms with van der Waals surface area (Å²) >= 11 is 0. The molecule has 1 aliphatic carbocycles. The number of β-amino-alcohol motifs (C(OH)–C–C–N with tert-alkyl or cyclic N) is 1. The quantitative estimate of drug-likeness (QED) is 0.748. The molecule has 0 aromatic carbocycles. The van der Waals surface area contributed by atoms with Crippen LogP contribution in [0.3, 0.4) is 0 Å². The molecule has 1 atom stereocenters. The van der Waals surface area contributed by atoms with Crippen molar-refractivity contribution in [1.82, 2.24) is 4.90 Å². The zero-order valence-electron chi connectivity index (χ0n) is 10.7. The lowest BCUT2D eigenvalue weighted by Gasteiger charge is -2.39. The van der Waals surface area contributed by atoms with E-state index in [-0.39, 0.29) is 17.4 Å². The second-order valence-corrected chi connectivity index (χ2v) is 5.86. The summed E-state index contributed by atoms with van der Waals surface area (Å²) in [6, 6.07) is 0. The van der Waals surface area contributed by atoms with Crippen molar-refractivity contribution in [2.45, 2.75) is 45.1 Å². The van der Waals surface area contributed by atoms with Crippen LogP contribution in [-0.4, -0.2) is 41.7 Å². The van der Waals surface area contributed by atoms with Gasteiger partial charge in [-0.25, -0.2) is 0 Å². The van der Waals surface area contributed by atoms with E-state index in [0.29, 0.717) is 32.0 Å². The van der Waals surface area contributed by atoms with Gasteiger partial charge in [0.1, 0.15) is 0 Å². The highest BCUT2D eigenvalue weighted by molar-refractivity contribution is 5.83. The van der Waals surface area contributed by atoms with E-state index in [1.165, 1.54) is 0 Å². The maximum Gasteiger partial charge on any atom is 0.230 e.